The first kappa shape index (κ1) is 22.2. The van der Waals surface area contributed by atoms with E-state index >= 15 is 0 Å². The average molecular weight is 443 g/mol. The fraction of sp³-hybridized carbons (Fsp3) is 0.231. The molecule has 4 rings (SSSR count). The standard InChI is InChI=1S/C26H26N4O3/c1-3-29(20-9-11-21(12-10-20)33-4-2)25(31)18-30-26(32)23-8-6-5-7-22(23)24(28-30)17-19-13-15-27-16-14-19/h5-16H,3-4,17-18H2,1-2H3. The Balaban J connectivity index is 1.66. The van der Waals surface area contributed by atoms with Gasteiger partial charge in [0, 0.05) is 36.4 Å². The van der Waals surface area contributed by atoms with E-state index in [1.165, 1.54) is 4.68 Å². The second-order valence-corrected chi connectivity index (χ2v) is 7.55. The Hall–Kier alpha value is -4.00. The number of likely N-dealkylation sites (N-methyl/N-ethyl adjacent to an activating group) is 1. The summed E-state index contributed by atoms with van der Waals surface area (Å²) in [5.41, 5.74) is 2.24. The lowest BCUT2D eigenvalue weighted by Crippen LogP contribution is -2.37. The largest absolute Gasteiger partial charge is 0.494 e. The number of hydrogen-bond donors (Lipinski definition) is 0. The van der Waals surface area contributed by atoms with E-state index in [0.717, 1.165) is 28.1 Å². The lowest BCUT2D eigenvalue weighted by Gasteiger charge is -2.22. The average Bonchev–Trinajstić information content (AvgIpc) is 2.84. The third-order valence-electron chi connectivity index (χ3n) is 5.43. The monoisotopic (exact) mass is 442 g/mol. The highest BCUT2D eigenvalue weighted by molar-refractivity contribution is 5.93. The first-order valence-corrected chi connectivity index (χ1v) is 11.0. The summed E-state index contributed by atoms with van der Waals surface area (Å²) >= 11 is 0. The van der Waals surface area contributed by atoms with Crippen molar-refractivity contribution in [3.05, 3.63) is 94.7 Å². The maximum Gasteiger partial charge on any atom is 0.275 e. The van der Waals surface area contributed by atoms with Gasteiger partial charge in [0.2, 0.25) is 5.91 Å². The smallest absolute Gasteiger partial charge is 0.275 e. The normalized spacial score (nSPS) is 10.8. The molecule has 0 N–H and O–H groups in total. The molecule has 0 saturated heterocycles. The molecule has 0 fully saturated rings. The first-order valence-electron chi connectivity index (χ1n) is 11.0. The van der Waals surface area contributed by atoms with Crippen molar-refractivity contribution in [1.82, 2.24) is 14.8 Å². The molecule has 0 saturated carbocycles. The molecular weight excluding hydrogens is 416 g/mol. The van der Waals surface area contributed by atoms with Crippen molar-refractivity contribution in [2.24, 2.45) is 0 Å². The zero-order valence-electron chi connectivity index (χ0n) is 18.8. The van der Waals surface area contributed by atoms with Gasteiger partial charge in [-0.1, -0.05) is 18.2 Å². The van der Waals surface area contributed by atoms with Crippen LogP contribution in [-0.2, 0) is 17.8 Å². The first-order chi connectivity index (χ1) is 16.1. The van der Waals surface area contributed by atoms with Gasteiger partial charge < -0.3 is 9.64 Å². The van der Waals surface area contributed by atoms with Crippen LogP contribution < -0.4 is 15.2 Å². The van der Waals surface area contributed by atoms with Gasteiger partial charge in [-0.15, -0.1) is 0 Å². The number of amides is 1. The topological polar surface area (TPSA) is 77.3 Å². The molecule has 2 aromatic carbocycles. The van der Waals surface area contributed by atoms with Crippen LogP contribution in [0.25, 0.3) is 10.8 Å². The maximum absolute atomic E-state index is 13.2. The van der Waals surface area contributed by atoms with Gasteiger partial charge in [0.25, 0.3) is 5.56 Å². The third-order valence-corrected chi connectivity index (χ3v) is 5.43. The summed E-state index contributed by atoms with van der Waals surface area (Å²) in [6, 6.07) is 18.6. The number of hydrogen-bond acceptors (Lipinski definition) is 5. The van der Waals surface area contributed by atoms with Gasteiger partial charge in [-0.25, -0.2) is 4.68 Å². The number of nitrogens with zero attached hydrogens (tertiary/aromatic N) is 4. The highest BCUT2D eigenvalue weighted by atomic mass is 16.5. The zero-order valence-corrected chi connectivity index (χ0v) is 18.8. The summed E-state index contributed by atoms with van der Waals surface area (Å²) in [6.07, 6.45) is 3.99. The van der Waals surface area contributed by atoms with E-state index in [2.05, 4.69) is 10.1 Å². The van der Waals surface area contributed by atoms with Crippen molar-refractivity contribution in [2.45, 2.75) is 26.8 Å². The van der Waals surface area contributed by atoms with E-state index in [1.54, 1.807) is 23.4 Å². The minimum absolute atomic E-state index is 0.145. The predicted octanol–water partition coefficient (Wildman–Crippen LogP) is 3.83. The molecule has 0 aliphatic rings. The molecule has 2 heterocycles. The maximum atomic E-state index is 13.2. The van der Waals surface area contributed by atoms with E-state index in [9.17, 15) is 9.59 Å². The summed E-state index contributed by atoms with van der Waals surface area (Å²) in [6.45, 7) is 4.73. The number of ether oxygens (including phenoxy) is 1. The van der Waals surface area contributed by atoms with Crippen molar-refractivity contribution >= 4 is 22.4 Å². The molecule has 0 aliphatic heterocycles. The Morgan fingerprint density at radius 3 is 2.33 bits per heavy atom. The molecule has 0 radical (unpaired) electrons. The Kier molecular flexibility index (Phi) is 6.78. The van der Waals surface area contributed by atoms with Crippen molar-refractivity contribution in [1.29, 1.82) is 0 Å². The van der Waals surface area contributed by atoms with Crippen molar-refractivity contribution in [3.63, 3.8) is 0 Å². The second kappa shape index (κ2) is 10.1. The number of pyridine rings is 1. The van der Waals surface area contributed by atoms with Crippen LogP contribution in [0.3, 0.4) is 0 Å². The number of aromatic nitrogens is 3. The summed E-state index contributed by atoms with van der Waals surface area (Å²) < 4.78 is 6.76. The van der Waals surface area contributed by atoms with Crippen molar-refractivity contribution < 1.29 is 9.53 Å². The number of rotatable bonds is 8. The van der Waals surface area contributed by atoms with Gasteiger partial charge in [-0.2, -0.15) is 5.10 Å². The number of fused-ring (bicyclic) bond motifs is 1. The van der Waals surface area contributed by atoms with Crippen LogP contribution in [0, 0.1) is 0 Å². The molecule has 7 nitrogen and oxygen atoms in total. The molecule has 0 spiro atoms. The molecule has 33 heavy (non-hydrogen) atoms. The Labute approximate surface area is 192 Å². The van der Waals surface area contributed by atoms with E-state index in [1.807, 2.05) is 68.4 Å². The summed E-state index contributed by atoms with van der Waals surface area (Å²) in [7, 11) is 0. The summed E-state index contributed by atoms with van der Waals surface area (Å²) in [5.74, 6) is 0.541. The lowest BCUT2D eigenvalue weighted by atomic mass is 10.1. The molecule has 0 atom stereocenters. The highest BCUT2D eigenvalue weighted by Crippen LogP contribution is 2.20. The summed E-state index contributed by atoms with van der Waals surface area (Å²) in [5, 5.41) is 5.94. The molecule has 7 heteroatoms. The number of anilines is 1. The van der Waals surface area contributed by atoms with E-state index in [0.29, 0.717) is 25.0 Å². The lowest BCUT2D eigenvalue weighted by molar-refractivity contribution is -0.119. The Bertz CT molecular complexity index is 1300. The fourth-order valence-corrected chi connectivity index (χ4v) is 3.84. The molecule has 4 aromatic rings. The highest BCUT2D eigenvalue weighted by Gasteiger charge is 2.18. The molecule has 2 aromatic heterocycles. The molecule has 168 valence electrons. The van der Waals surface area contributed by atoms with Crippen LogP contribution >= 0.6 is 0 Å². The van der Waals surface area contributed by atoms with Gasteiger partial charge in [-0.3, -0.25) is 14.6 Å². The van der Waals surface area contributed by atoms with Crippen LogP contribution in [0.15, 0.2) is 77.9 Å². The summed E-state index contributed by atoms with van der Waals surface area (Å²) in [4.78, 5) is 32.0. The van der Waals surface area contributed by atoms with Crippen LogP contribution in [0.4, 0.5) is 5.69 Å². The molecule has 0 unspecified atom stereocenters. The number of benzene rings is 2. The third kappa shape index (κ3) is 4.92. The van der Waals surface area contributed by atoms with Gasteiger partial charge in [0.1, 0.15) is 12.3 Å². The molecular formula is C26H26N4O3. The van der Waals surface area contributed by atoms with Gasteiger partial charge in [-0.05, 0) is 61.9 Å². The Morgan fingerprint density at radius 1 is 0.970 bits per heavy atom. The minimum atomic E-state index is -0.278. The van der Waals surface area contributed by atoms with Crippen molar-refractivity contribution in [2.75, 3.05) is 18.1 Å². The molecule has 0 aliphatic carbocycles. The minimum Gasteiger partial charge on any atom is -0.494 e. The van der Waals surface area contributed by atoms with Gasteiger partial charge in [0.05, 0.1) is 17.7 Å². The molecule has 0 bridgehead atoms. The van der Waals surface area contributed by atoms with Crippen molar-refractivity contribution in [3.8, 4) is 5.75 Å². The van der Waals surface area contributed by atoms with E-state index in [4.69, 9.17) is 4.74 Å². The van der Waals surface area contributed by atoms with Crippen LogP contribution in [-0.4, -0.2) is 33.8 Å². The molecule has 1 amide bonds. The van der Waals surface area contributed by atoms with Crippen LogP contribution in [0.2, 0.25) is 0 Å². The fourth-order valence-electron chi connectivity index (χ4n) is 3.84. The number of carbonyl (C=O) groups excluding carboxylic acids is 1. The SMILES string of the molecule is CCOc1ccc(N(CC)C(=O)Cn2nc(Cc3ccncc3)c3ccccc3c2=O)cc1. The predicted molar refractivity (Wildman–Crippen MR) is 129 cm³/mol. The second-order valence-electron chi connectivity index (χ2n) is 7.55. The quantitative estimate of drug-likeness (QED) is 0.414. The van der Waals surface area contributed by atoms with E-state index in [-0.39, 0.29) is 18.0 Å². The van der Waals surface area contributed by atoms with Gasteiger partial charge in [0.15, 0.2) is 0 Å². The zero-order chi connectivity index (χ0) is 23.2. The Morgan fingerprint density at radius 2 is 1.67 bits per heavy atom. The van der Waals surface area contributed by atoms with Crippen LogP contribution in [0.5, 0.6) is 5.75 Å². The van der Waals surface area contributed by atoms with Crippen LogP contribution in [0.1, 0.15) is 25.1 Å². The van der Waals surface area contributed by atoms with Gasteiger partial charge >= 0.3 is 0 Å². The van der Waals surface area contributed by atoms with E-state index < -0.39 is 0 Å². The number of carbonyl (C=O) groups is 1.